The molecule has 1 unspecified atom stereocenters. The van der Waals surface area contributed by atoms with Crippen LogP contribution in [0, 0.1) is 17.0 Å². The van der Waals surface area contributed by atoms with Gasteiger partial charge in [-0.2, -0.15) is 0 Å². The van der Waals surface area contributed by atoms with E-state index in [1.807, 2.05) is 0 Å². The molecule has 6 nitrogen and oxygen atoms in total. The van der Waals surface area contributed by atoms with Crippen molar-refractivity contribution in [1.29, 1.82) is 0 Å². The predicted octanol–water partition coefficient (Wildman–Crippen LogP) is 2.14. The van der Waals surface area contributed by atoms with Crippen LogP contribution >= 0.6 is 15.9 Å². The quantitative estimate of drug-likeness (QED) is 0.479. The van der Waals surface area contributed by atoms with E-state index in [1.165, 1.54) is 6.07 Å². The van der Waals surface area contributed by atoms with Crippen molar-refractivity contribution in [3.63, 3.8) is 0 Å². The van der Waals surface area contributed by atoms with Gasteiger partial charge >= 0.3 is 0 Å². The molecule has 1 aliphatic heterocycles. The molecule has 1 fully saturated rings. The summed E-state index contributed by atoms with van der Waals surface area (Å²) in [4.78, 5) is 24.8. The van der Waals surface area contributed by atoms with Crippen molar-refractivity contribution in [3.8, 4) is 0 Å². The predicted molar refractivity (Wildman–Crippen MR) is 77.3 cm³/mol. The van der Waals surface area contributed by atoms with E-state index in [2.05, 4.69) is 15.9 Å². The number of hydrogen-bond acceptors (Lipinski definition) is 4. The number of para-hydroxylation sites is 1. The number of carbonyl (C=O) groups excluding carboxylic acids is 1. The summed E-state index contributed by atoms with van der Waals surface area (Å²) in [6.45, 7) is 2.97. The van der Waals surface area contributed by atoms with E-state index in [-0.39, 0.29) is 23.3 Å². The Bertz CT molecular complexity index is 535. The van der Waals surface area contributed by atoms with Crippen LogP contribution in [0.25, 0.3) is 0 Å². The van der Waals surface area contributed by atoms with Gasteiger partial charge in [-0.15, -0.1) is 0 Å². The maximum absolute atomic E-state index is 12.5. The third-order valence-electron chi connectivity index (χ3n) is 3.25. The number of aryl methyl sites for hydroxylation is 1. The second-order valence-electron chi connectivity index (χ2n) is 4.63. The average Bonchev–Trinajstić information content (AvgIpc) is 2.45. The molecule has 20 heavy (non-hydrogen) atoms. The van der Waals surface area contributed by atoms with Crippen LogP contribution in [-0.2, 0) is 4.74 Å². The average molecular weight is 343 g/mol. The van der Waals surface area contributed by atoms with Gasteiger partial charge in [0.15, 0.2) is 0 Å². The first-order valence-corrected chi connectivity index (χ1v) is 7.37. The van der Waals surface area contributed by atoms with Crippen molar-refractivity contribution < 1.29 is 14.5 Å². The van der Waals surface area contributed by atoms with E-state index in [1.54, 1.807) is 24.0 Å². The van der Waals surface area contributed by atoms with E-state index >= 15 is 0 Å². The largest absolute Gasteiger partial charge is 0.374 e. The van der Waals surface area contributed by atoms with Crippen LogP contribution in [0.1, 0.15) is 15.9 Å². The van der Waals surface area contributed by atoms with Crippen molar-refractivity contribution in [3.05, 3.63) is 39.4 Å². The first-order chi connectivity index (χ1) is 9.54. The zero-order chi connectivity index (χ0) is 14.7. The molecule has 7 heteroatoms. The van der Waals surface area contributed by atoms with Gasteiger partial charge in [0, 0.05) is 24.0 Å². The van der Waals surface area contributed by atoms with Crippen LogP contribution in [-0.4, -0.2) is 46.9 Å². The molecule has 0 aromatic heterocycles. The summed E-state index contributed by atoms with van der Waals surface area (Å²) >= 11 is 3.32. The highest BCUT2D eigenvalue weighted by Gasteiger charge is 2.29. The second-order valence-corrected chi connectivity index (χ2v) is 5.27. The first kappa shape index (κ1) is 14.9. The molecule has 108 valence electrons. The minimum atomic E-state index is -0.495. The summed E-state index contributed by atoms with van der Waals surface area (Å²) in [6, 6.07) is 4.81. The fourth-order valence-corrected chi connectivity index (χ4v) is 2.63. The Morgan fingerprint density at radius 1 is 1.60 bits per heavy atom. The number of morpholine rings is 1. The molecule has 1 aliphatic rings. The van der Waals surface area contributed by atoms with Crippen LogP contribution in [0.4, 0.5) is 5.69 Å². The van der Waals surface area contributed by atoms with Gasteiger partial charge in [-0.1, -0.05) is 28.1 Å². The number of halogens is 1. The molecule has 0 aliphatic carbocycles. The lowest BCUT2D eigenvalue weighted by Gasteiger charge is -2.32. The molecule has 1 heterocycles. The van der Waals surface area contributed by atoms with Crippen LogP contribution in [0.5, 0.6) is 0 Å². The molecule has 0 saturated carbocycles. The Balaban J connectivity index is 2.29. The summed E-state index contributed by atoms with van der Waals surface area (Å²) in [7, 11) is 0. The van der Waals surface area contributed by atoms with Crippen LogP contribution in [0.15, 0.2) is 18.2 Å². The van der Waals surface area contributed by atoms with Gasteiger partial charge in [-0.25, -0.2) is 0 Å². The fourth-order valence-electron chi connectivity index (χ4n) is 2.24. The van der Waals surface area contributed by atoms with Crippen LogP contribution in [0.3, 0.4) is 0 Å². The molecule has 2 rings (SSSR count). The number of alkyl halides is 1. The minimum absolute atomic E-state index is 0.0726. The minimum Gasteiger partial charge on any atom is -0.374 e. The van der Waals surface area contributed by atoms with Crippen LogP contribution in [0.2, 0.25) is 0 Å². The van der Waals surface area contributed by atoms with E-state index in [9.17, 15) is 14.9 Å². The number of rotatable bonds is 3. The SMILES string of the molecule is Cc1cccc(C(=O)N2CCOC(CBr)C2)c1[N+](=O)[O-]. The molecule has 0 radical (unpaired) electrons. The number of nitro groups is 1. The highest BCUT2D eigenvalue weighted by atomic mass is 79.9. The molecule has 1 saturated heterocycles. The highest BCUT2D eigenvalue weighted by molar-refractivity contribution is 9.09. The monoisotopic (exact) mass is 342 g/mol. The highest BCUT2D eigenvalue weighted by Crippen LogP contribution is 2.25. The van der Waals surface area contributed by atoms with Crippen molar-refractivity contribution in [2.45, 2.75) is 13.0 Å². The third kappa shape index (κ3) is 2.99. The summed E-state index contributed by atoms with van der Waals surface area (Å²) in [5, 5.41) is 11.8. The van der Waals surface area contributed by atoms with Gasteiger partial charge in [-0.3, -0.25) is 14.9 Å². The Morgan fingerprint density at radius 3 is 3.00 bits per heavy atom. The maximum Gasteiger partial charge on any atom is 0.285 e. The molecule has 1 aromatic rings. The molecule has 1 aromatic carbocycles. The van der Waals surface area contributed by atoms with Crippen molar-refractivity contribution in [2.75, 3.05) is 25.0 Å². The number of hydrogen-bond donors (Lipinski definition) is 0. The van der Waals surface area contributed by atoms with Gasteiger partial charge in [0.2, 0.25) is 0 Å². The zero-order valence-electron chi connectivity index (χ0n) is 11.0. The molecule has 1 atom stereocenters. The number of benzene rings is 1. The molecular formula is C13H15BrN2O4. The lowest BCUT2D eigenvalue weighted by atomic mass is 10.1. The Morgan fingerprint density at radius 2 is 2.35 bits per heavy atom. The van der Waals surface area contributed by atoms with Gasteiger partial charge in [0.1, 0.15) is 5.56 Å². The van der Waals surface area contributed by atoms with Crippen LogP contribution < -0.4 is 0 Å². The van der Waals surface area contributed by atoms with E-state index in [0.29, 0.717) is 30.6 Å². The van der Waals surface area contributed by atoms with Gasteiger partial charge in [0.05, 0.1) is 17.6 Å². The Kier molecular flexibility index (Phi) is 4.72. The van der Waals surface area contributed by atoms with Crippen molar-refractivity contribution in [2.24, 2.45) is 0 Å². The zero-order valence-corrected chi connectivity index (χ0v) is 12.6. The summed E-state index contributed by atoms with van der Waals surface area (Å²) in [5.74, 6) is -0.311. The number of nitrogens with zero attached hydrogens (tertiary/aromatic N) is 2. The fraction of sp³-hybridized carbons (Fsp3) is 0.462. The lowest BCUT2D eigenvalue weighted by Crippen LogP contribution is -2.46. The lowest BCUT2D eigenvalue weighted by molar-refractivity contribution is -0.385. The van der Waals surface area contributed by atoms with E-state index < -0.39 is 4.92 Å². The second kappa shape index (κ2) is 6.32. The normalized spacial score (nSPS) is 18.9. The molecule has 1 amide bonds. The molecule has 0 spiro atoms. The number of nitro benzene ring substituents is 1. The van der Waals surface area contributed by atoms with Gasteiger partial charge in [-0.05, 0) is 13.0 Å². The molecule has 0 N–H and O–H groups in total. The standard InChI is InChI=1S/C13H15BrN2O4/c1-9-3-2-4-11(12(9)16(18)19)13(17)15-5-6-20-10(7-14)8-15/h2-4,10H,5-8H2,1H3. The summed E-state index contributed by atoms with van der Waals surface area (Å²) in [6.07, 6.45) is -0.0726. The number of amides is 1. The smallest absolute Gasteiger partial charge is 0.285 e. The summed E-state index contributed by atoms with van der Waals surface area (Å²) < 4.78 is 5.47. The van der Waals surface area contributed by atoms with E-state index in [4.69, 9.17) is 4.74 Å². The Labute approximate surface area is 125 Å². The van der Waals surface area contributed by atoms with Crippen molar-refractivity contribution in [1.82, 2.24) is 4.90 Å². The van der Waals surface area contributed by atoms with E-state index in [0.717, 1.165) is 0 Å². The maximum atomic E-state index is 12.5. The van der Waals surface area contributed by atoms with Gasteiger partial charge < -0.3 is 9.64 Å². The molecular weight excluding hydrogens is 328 g/mol. The molecule has 0 bridgehead atoms. The topological polar surface area (TPSA) is 72.7 Å². The first-order valence-electron chi connectivity index (χ1n) is 6.25. The number of ether oxygens (including phenoxy) is 1. The third-order valence-corrected chi connectivity index (χ3v) is 3.97. The Hall–Kier alpha value is -1.47. The number of carbonyl (C=O) groups is 1. The van der Waals surface area contributed by atoms with Gasteiger partial charge in [0.25, 0.3) is 11.6 Å². The summed E-state index contributed by atoms with van der Waals surface area (Å²) in [5.41, 5.74) is 0.524. The van der Waals surface area contributed by atoms with Crippen molar-refractivity contribution >= 4 is 27.5 Å².